The Morgan fingerprint density at radius 3 is 2.31 bits per heavy atom. The van der Waals surface area contributed by atoms with Crippen LogP contribution < -0.4 is 4.90 Å². The number of anilines is 1. The standard InChI is InChI=1S/C20H22Cl2N2O4S/c21-15-5-3-6-16(22)19(15)29(27,28)24-12-18(14-4-1-2-7-17(14)24)23-10-8-13(9-11-23)20(25)26/h3,5-6,12-13H,1-2,4,7-11H2,(H,25,26). The van der Waals surface area contributed by atoms with Crippen LogP contribution in [0.5, 0.6) is 0 Å². The van der Waals surface area contributed by atoms with Crippen LogP contribution in [0.1, 0.15) is 36.9 Å². The Kier molecular flexibility index (Phi) is 5.57. The van der Waals surface area contributed by atoms with Crippen LogP contribution in [0.15, 0.2) is 29.3 Å². The van der Waals surface area contributed by atoms with Crippen molar-refractivity contribution in [2.45, 2.75) is 43.4 Å². The van der Waals surface area contributed by atoms with E-state index in [1.54, 1.807) is 12.3 Å². The highest BCUT2D eigenvalue weighted by molar-refractivity contribution is 7.90. The SMILES string of the molecule is O=C(O)C1CCN(c2cn(S(=O)(=O)c3c(Cl)cccc3Cl)c3c2CCCC3)CC1. The molecule has 0 atom stereocenters. The predicted octanol–water partition coefficient (Wildman–Crippen LogP) is 4.21. The summed E-state index contributed by atoms with van der Waals surface area (Å²) in [6.45, 7) is 1.20. The fourth-order valence-electron chi connectivity index (χ4n) is 4.36. The Morgan fingerprint density at radius 1 is 1.07 bits per heavy atom. The molecular formula is C20H22Cl2N2O4S. The lowest BCUT2D eigenvalue weighted by atomic mass is 9.94. The molecule has 2 heterocycles. The van der Waals surface area contributed by atoms with Crippen molar-refractivity contribution in [3.63, 3.8) is 0 Å². The van der Waals surface area contributed by atoms with E-state index in [-0.39, 0.29) is 20.9 Å². The minimum atomic E-state index is -3.95. The van der Waals surface area contributed by atoms with Crippen molar-refractivity contribution in [1.82, 2.24) is 3.97 Å². The molecule has 156 valence electrons. The van der Waals surface area contributed by atoms with E-state index in [1.807, 2.05) is 0 Å². The number of benzene rings is 1. The number of hydrogen-bond acceptors (Lipinski definition) is 4. The summed E-state index contributed by atoms with van der Waals surface area (Å²) in [4.78, 5) is 13.3. The first-order valence-electron chi connectivity index (χ1n) is 9.71. The maximum absolute atomic E-state index is 13.5. The van der Waals surface area contributed by atoms with Crippen LogP contribution >= 0.6 is 23.2 Å². The molecule has 6 nitrogen and oxygen atoms in total. The highest BCUT2D eigenvalue weighted by Crippen LogP contribution is 2.38. The summed E-state index contributed by atoms with van der Waals surface area (Å²) in [5, 5.41) is 9.44. The number of carboxylic acids is 1. The molecule has 1 aromatic heterocycles. The van der Waals surface area contributed by atoms with Gasteiger partial charge in [-0.15, -0.1) is 0 Å². The molecule has 2 aliphatic rings. The van der Waals surface area contributed by atoms with Crippen molar-refractivity contribution in [3.8, 4) is 0 Å². The molecular weight excluding hydrogens is 435 g/mol. The molecule has 1 aliphatic carbocycles. The van der Waals surface area contributed by atoms with E-state index in [9.17, 15) is 18.3 Å². The summed E-state index contributed by atoms with van der Waals surface area (Å²) < 4.78 is 28.3. The Labute approximate surface area is 180 Å². The summed E-state index contributed by atoms with van der Waals surface area (Å²) in [6, 6.07) is 4.66. The second-order valence-electron chi connectivity index (χ2n) is 7.60. The van der Waals surface area contributed by atoms with E-state index in [4.69, 9.17) is 23.2 Å². The molecule has 2 aromatic rings. The average molecular weight is 457 g/mol. The van der Waals surface area contributed by atoms with Gasteiger partial charge in [0.1, 0.15) is 4.90 Å². The molecule has 1 aliphatic heterocycles. The number of aliphatic carboxylic acids is 1. The maximum Gasteiger partial charge on any atom is 0.306 e. The van der Waals surface area contributed by atoms with Gasteiger partial charge in [0, 0.05) is 25.0 Å². The average Bonchev–Trinajstić information content (AvgIpc) is 3.08. The van der Waals surface area contributed by atoms with Crippen LogP contribution in [0.3, 0.4) is 0 Å². The van der Waals surface area contributed by atoms with Crippen molar-refractivity contribution < 1.29 is 18.3 Å². The summed E-state index contributed by atoms with van der Waals surface area (Å²) in [7, 11) is -3.95. The van der Waals surface area contributed by atoms with Gasteiger partial charge in [-0.1, -0.05) is 29.3 Å². The third-order valence-corrected chi connectivity index (χ3v) is 8.53. The fourth-order valence-corrected chi connectivity index (χ4v) is 6.90. The van der Waals surface area contributed by atoms with Gasteiger partial charge in [0.2, 0.25) is 0 Å². The molecule has 1 saturated heterocycles. The van der Waals surface area contributed by atoms with Gasteiger partial charge in [-0.05, 0) is 56.2 Å². The van der Waals surface area contributed by atoms with Gasteiger partial charge in [-0.25, -0.2) is 12.4 Å². The monoisotopic (exact) mass is 456 g/mol. The maximum atomic E-state index is 13.5. The van der Waals surface area contributed by atoms with Crippen molar-refractivity contribution in [2.24, 2.45) is 5.92 Å². The van der Waals surface area contributed by atoms with Crippen LogP contribution in [-0.4, -0.2) is 36.6 Å². The van der Waals surface area contributed by atoms with Crippen LogP contribution in [0.2, 0.25) is 10.0 Å². The van der Waals surface area contributed by atoms with E-state index >= 15 is 0 Å². The lowest BCUT2D eigenvalue weighted by molar-refractivity contribution is -0.142. The molecule has 0 bridgehead atoms. The molecule has 9 heteroatoms. The molecule has 4 rings (SSSR count). The first-order valence-corrected chi connectivity index (χ1v) is 11.9. The number of carbonyl (C=O) groups is 1. The second kappa shape index (κ2) is 7.85. The first-order chi connectivity index (χ1) is 13.8. The smallest absolute Gasteiger partial charge is 0.306 e. The molecule has 0 radical (unpaired) electrons. The Balaban J connectivity index is 1.77. The number of carboxylic acid groups (broad SMARTS) is 1. The number of piperidine rings is 1. The molecule has 29 heavy (non-hydrogen) atoms. The first kappa shape index (κ1) is 20.6. The quantitative estimate of drug-likeness (QED) is 0.744. The van der Waals surface area contributed by atoms with E-state index in [2.05, 4.69) is 4.90 Å². The third kappa shape index (κ3) is 3.64. The van der Waals surface area contributed by atoms with E-state index in [1.165, 1.54) is 16.1 Å². The highest BCUT2D eigenvalue weighted by atomic mass is 35.5. The number of rotatable bonds is 4. The molecule has 1 N–H and O–H groups in total. The van der Waals surface area contributed by atoms with Gasteiger partial charge in [-0.2, -0.15) is 0 Å². The normalized spacial score (nSPS) is 17.9. The number of hydrogen-bond donors (Lipinski definition) is 1. The van der Waals surface area contributed by atoms with Crippen LogP contribution in [0.25, 0.3) is 0 Å². The minimum absolute atomic E-state index is 0.0807. The van der Waals surface area contributed by atoms with Crippen molar-refractivity contribution in [1.29, 1.82) is 0 Å². The summed E-state index contributed by atoms with van der Waals surface area (Å²) >= 11 is 12.4. The molecule has 1 aromatic carbocycles. The lowest BCUT2D eigenvalue weighted by Gasteiger charge is -2.32. The van der Waals surface area contributed by atoms with Gasteiger partial charge in [-0.3, -0.25) is 4.79 Å². The summed E-state index contributed by atoms with van der Waals surface area (Å²) in [6.07, 6.45) is 6.18. The molecule has 0 spiro atoms. The van der Waals surface area contributed by atoms with Crippen LogP contribution in [0.4, 0.5) is 5.69 Å². The summed E-state index contributed by atoms with van der Waals surface area (Å²) in [5.41, 5.74) is 2.70. The Bertz CT molecular complexity index is 1040. The van der Waals surface area contributed by atoms with Gasteiger partial charge in [0.15, 0.2) is 0 Å². The fraction of sp³-hybridized carbons (Fsp3) is 0.450. The lowest BCUT2D eigenvalue weighted by Crippen LogP contribution is -2.36. The van der Waals surface area contributed by atoms with Crippen LogP contribution in [0, 0.1) is 5.92 Å². The van der Waals surface area contributed by atoms with Crippen molar-refractivity contribution >= 4 is 44.9 Å². The van der Waals surface area contributed by atoms with Crippen LogP contribution in [-0.2, 0) is 27.7 Å². The van der Waals surface area contributed by atoms with Gasteiger partial charge >= 0.3 is 5.97 Å². The van der Waals surface area contributed by atoms with Gasteiger partial charge in [0.25, 0.3) is 10.0 Å². The topological polar surface area (TPSA) is 79.6 Å². The van der Waals surface area contributed by atoms with Gasteiger partial charge < -0.3 is 10.0 Å². The van der Waals surface area contributed by atoms with E-state index in [0.717, 1.165) is 36.2 Å². The number of nitrogens with zero attached hydrogens (tertiary/aromatic N) is 2. The van der Waals surface area contributed by atoms with Crippen molar-refractivity contribution in [2.75, 3.05) is 18.0 Å². The molecule has 0 unspecified atom stereocenters. The summed E-state index contributed by atoms with van der Waals surface area (Å²) in [5.74, 6) is -1.10. The number of halogens is 2. The minimum Gasteiger partial charge on any atom is -0.481 e. The highest BCUT2D eigenvalue weighted by Gasteiger charge is 2.33. The zero-order valence-corrected chi connectivity index (χ0v) is 18.1. The van der Waals surface area contributed by atoms with E-state index in [0.29, 0.717) is 32.4 Å². The largest absolute Gasteiger partial charge is 0.481 e. The number of fused-ring (bicyclic) bond motifs is 1. The zero-order valence-electron chi connectivity index (χ0n) is 15.8. The molecule has 0 amide bonds. The molecule has 1 fully saturated rings. The zero-order chi connectivity index (χ0) is 20.8. The van der Waals surface area contributed by atoms with E-state index < -0.39 is 16.0 Å². The Morgan fingerprint density at radius 2 is 1.69 bits per heavy atom. The third-order valence-electron chi connectivity index (χ3n) is 5.87. The predicted molar refractivity (Wildman–Crippen MR) is 113 cm³/mol. The van der Waals surface area contributed by atoms with Gasteiger partial charge in [0.05, 0.1) is 21.7 Å². The Hall–Kier alpha value is -1.70. The van der Waals surface area contributed by atoms with Crippen molar-refractivity contribution in [3.05, 3.63) is 45.7 Å². The number of aromatic nitrogens is 1. The second-order valence-corrected chi connectivity index (χ2v) is 10.2. The molecule has 0 saturated carbocycles.